The minimum Gasteiger partial charge on any atom is -0.478 e. The van der Waals surface area contributed by atoms with Gasteiger partial charge in [0.25, 0.3) is 0 Å². The molecule has 0 amide bonds. The minimum absolute atomic E-state index is 0.0900. The van der Waals surface area contributed by atoms with Gasteiger partial charge in [0.1, 0.15) is 5.82 Å². The van der Waals surface area contributed by atoms with Gasteiger partial charge in [0.2, 0.25) is 0 Å². The number of halogens is 1. The molecule has 0 fully saturated rings. The van der Waals surface area contributed by atoms with E-state index in [0.29, 0.717) is 5.56 Å². The maximum Gasteiger partial charge on any atom is 0.337 e. The summed E-state index contributed by atoms with van der Waals surface area (Å²) in [4.78, 5) is 14.7. The van der Waals surface area contributed by atoms with E-state index in [4.69, 9.17) is 10.8 Å². The molecule has 0 aliphatic heterocycles. The highest BCUT2D eigenvalue weighted by molar-refractivity contribution is 5.95. The number of nitrogens with two attached hydrogens (primary N) is 1. The lowest BCUT2D eigenvalue weighted by atomic mass is 10.0. The van der Waals surface area contributed by atoms with Gasteiger partial charge in [-0.05, 0) is 29.8 Å². The molecule has 0 unspecified atom stereocenters. The largest absolute Gasteiger partial charge is 0.478 e. The highest BCUT2D eigenvalue weighted by Crippen LogP contribution is 2.26. The zero-order valence-electron chi connectivity index (χ0n) is 8.72. The van der Waals surface area contributed by atoms with Gasteiger partial charge in [0.05, 0.1) is 5.56 Å². The standard InChI is InChI=1S/C12H9FN2O2/c13-10-6-11(14)9(12(16)17)5-8(10)7-1-3-15-4-2-7/h1-6H,14H2,(H,16,17). The molecule has 5 heteroatoms. The number of rotatable bonds is 2. The average Bonchev–Trinajstić information content (AvgIpc) is 2.29. The van der Waals surface area contributed by atoms with Crippen LogP contribution in [-0.2, 0) is 0 Å². The molecule has 3 N–H and O–H groups in total. The van der Waals surface area contributed by atoms with Gasteiger partial charge in [-0.2, -0.15) is 0 Å². The van der Waals surface area contributed by atoms with Gasteiger partial charge >= 0.3 is 5.97 Å². The fraction of sp³-hybridized carbons (Fsp3) is 0. The van der Waals surface area contributed by atoms with E-state index in [1.165, 1.54) is 18.5 Å². The number of nitrogens with zero attached hydrogens (tertiary/aromatic N) is 1. The SMILES string of the molecule is Nc1cc(F)c(-c2ccncc2)cc1C(=O)O. The Labute approximate surface area is 96.5 Å². The Bertz CT molecular complexity index is 570. The summed E-state index contributed by atoms with van der Waals surface area (Å²) in [5.74, 6) is -1.74. The van der Waals surface area contributed by atoms with Crippen LogP contribution in [0, 0.1) is 5.82 Å². The highest BCUT2D eigenvalue weighted by Gasteiger charge is 2.14. The molecule has 0 aliphatic rings. The van der Waals surface area contributed by atoms with Crippen LogP contribution < -0.4 is 5.73 Å². The van der Waals surface area contributed by atoms with Gasteiger partial charge in [-0.1, -0.05) is 0 Å². The third-order valence-corrected chi connectivity index (χ3v) is 2.36. The van der Waals surface area contributed by atoms with Crippen LogP contribution in [0.1, 0.15) is 10.4 Å². The van der Waals surface area contributed by atoms with Gasteiger partial charge in [-0.15, -0.1) is 0 Å². The first-order chi connectivity index (χ1) is 8.09. The molecule has 2 aromatic rings. The molecule has 0 aliphatic carbocycles. The summed E-state index contributed by atoms with van der Waals surface area (Å²) >= 11 is 0. The third kappa shape index (κ3) is 2.08. The first-order valence-corrected chi connectivity index (χ1v) is 4.82. The number of carboxylic acid groups (broad SMARTS) is 1. The van der Waals surface area contributed by atoms with Crippen LogP contribution in [0.15, 0.2) is 36.7 Å². The number of pyridine rings is 1. The van der Waals surface area contributed by atoms with Gasteiger partial charge in [0, 0.05) is 23.6 Å². The Kier molecular flexibility index (Phi) is 2.74. The molecular weight excluding hydrogens is 223 g/mol. The molecule has 1 aromatic carbocycles. The second-order valence-electron chi connectivity index (χ2n) is 3.46. The maximum atomic E-state index is 13.7. The van der Waals surface area contributed by atoms with Gasteiger partial charge in [-0.25, -0.2) is 9.18 Å². The molecule has 0 saturated carbocycles. The molecule has 0 atom stereocenters. The van der Waals surface area contributed by atoms with Gasteiger partial charge in [0.15, 0.2) is 0 Å². The number of hydrogen-bond acceptors (Lipinski definition) is 3. The zero-order chi connectivity index (χ0) is 12.4. The quantitative estimate of drug-likeness (QED) is 0.778. The monoisotopic (exact) mass is 232 g/mol. The number of aromatic carboxylic acids is 1. The molecule has 0 bridgehead atoms. The van der Waals surface area contributed by atoms with E-state index in [1.54, 1.807) is 12.1 Å². The summed E-state index contributed by atoms with van der Waals surface area (Å²) in [6.45, 7) is 0. The molecular formula is C12H9FN2O2. The predicted molar refractivity (Wildman–Crippen MR) is 61.0 cm³/mol. The van der Waals surface area contributed by atoms with Crippen molar-refractivity contribution in [2.24, 2.45) is 0 Å². The summed E-state index contributed by atoms with van der Waals surface area (Å²) in [6, 6.07) is 5.43. The second-order valence-corrected chi connectivity index (χ2v) is 3.46. The molecule has 2 rings (SSSR count). The van der Waals surface area contributed by atoms with Crippen molar-refractivity contribution in [1.29, 1.82) is 0 Å². The lowest BCUT2D eigenvalue weighted by Crippen LogP contribution is -2.04. The van der Waals surface area contributed by atoms with E-state index < -0.39 is 11.8 Å². The Balaban J connectivity index is 2.63. The van der Waals surface area contributed by atoms with Crippen molar-refractivity contribution in [2.75, 3.05) is 5.73 Å². The van der Waals surface area contributed by atoms with Crippen LogP contribution in [0.2, 0.25) is 0 Å². The number of hydrogen-bond donors (Lipinski definition) is 2. The zero-order valence-corrected chi connectivity index (χ0v) is 8.72. The number of anilines is 1. The number of carbonyl (C=O) groups is 1. The average molecular weight is 232 g/mol. The fourth-order valence-corrected chi connectivity index (χ4v) is 1.53. The van der Waals surface area contributed by atoms with Gasteiger partial charge in [-0.3, -0.25) is 4.98 Å². The van der Waals surface area contributed by atoms with E-state index in [1.807, 2.05) is 0 Å². The summed E-state index contributed by atoms with van der Waals surface area (Å²) < 4.78 is 13.7. The Morgan fingerprint density at radius 3 is 2.53 bits per heavy atom. The molecule has 4 nitrogen and oxygen atoms in total. The topological polar surface area (TPSA) is 76.2 Å². The van der Waals surface area contributed by atoms with Crippen molar-refractivity contribution in [3.8, 4) is 11.1 Å². The van der Waals surface area contributed by atoms with Crippen LogP contribution in [-0.4, -0.2) is 16.1 Å². The first-order valence-electron chi connectivity index (χ1n) is 4.82. The van der Waals surface area contributed by atoms with Crippen molar-refractivity contribution < 1.29 is 14.3 Å². The third-order valence-electron chi connectivity index (χ3n) is 2.36. The van der Waals surface area contributed by atoms with Crippen molar-refractivity contribution in [3.05, 3.63) is 48.0 Å². The Morgan fingerprint density at radius 2 is 1.94 bits per heavy atom. The van der Waals surface area contributed by atoms with E-state index in [9.17, 15) is 9.18 Å². The van der Waals surface area contributed by atoms with E-state index >= 15 is 0 Å². The van der Waals surface area contributed by atoms with Crippen LogP contribution >= 0.6 is 0 Å². The Hall–Kier alpha value is -2.43. The molecule has 1 aromatic heterocycles. The summed E-state index contributed by atoms with van der Waals surface area (Å²) in [5, 5.41) is 8.91. The van der Waals surface area contributed by atoms with E-state index in [-0.39, 0.29) is 16.8 Å². The van der Waals surface area contributed by atoms with Crippen molar-refractivity contribution in [3.63, 3.8) is 0 Å². The number of carboxylic acids is 1. The normalized spacial score (nSPS) is 10.2. The summed E-state index contributed by atoms with van der Waals surface area (Å²) in [6.07, 6.45) is 3.01. The first kappa shape index (κ1) is 11.1. The van der Waals surface area contributed by atoms with Crippen LogP contribution in [0.25, 0.3) is 11.1 Å². The highest BCUT2D eigenvalue weighted by atomic mass is 19.1. The molecule has 0 radical (unpaired) electrons. The Morgan fingerprint density at radius 1 is 1.29 bits per heavy atom. The minimum atomic E-state index is -1.18. The second kappa shape index (κ2) is 4.21. The van der Waals surface area contributed by atoms with E-state index in [0.717, 1.165) is 6.07 Å². The lowest BCUT2D eigenvalue weighted by molar-refractivity contribution is 0.0698. The summed E-state index contributed by atoms with van der Waals surface area (Å²) in [7, 11) is 0. The van der Waals surface area contributed by atoms with Crippen molar-refractivity contribution in [1.82, 2.24) is 4.98 Å². The predicted octanol–water partition coefficient (Wildman–Crippen LogP) is 2.17. The number of nitrogen functional groups attached to an aromatic ring is 1. The molecule has 0 spiro atoms. The van der Waals surface area contributed by atoms with Gasteiger partial charge < -0.3 is 10.8 Å². The molecule has 0 saturated heterocycles. The molecule has 17 heavy (non-hydrogen) atoms. The lowest BCUT2D eigenvalue weighted by Gasteiger charge is -2.07. The number of aromatic nitrogens is 1. The van der Waals surface area contributed by atoms with Crippen LogP contribution in [0.4, 0.5) is 10.1 Å². The fourth-order valence-electron chi connectivity index (χ4n) is 1.53. The van der Waals surface area contributed by atoms with Crippen LogP contribution in [0.5, 0.6) is 0 Å². The summed E-state index contributed by atoms with van der Waals surface area (Å²) in [5.41, 5.74) is 5.98. The molecule has 86 valence electrons. The number of benzene rings is 1. The van der Waals surface area contributed by atoms with Crippen LogP contribution in [0.3, 0.4) is 0 Å². The smallest absolute Gasteiger partial charge is 0.337 e. The molecule has 1 heterocycles. The maximum absolute atomic E-state index is 13.7. The van der Waals surface area contributed by atoms with Crippen molar-refractivity contribution in [2.45, 2.75) is 0 Å². The van der Waals surface area contributed by atoms with E-state index in [2.05, 4.69) is 4.98 Å². The van der Waals surface area contributed by atoms with Crippen molar-refractivity contribution >= 4 is 11.7 Å².